The van der Waals surface area contributed by atoms with Crippen molar-refractivity contribution in [2.45, 2.75) is 6.92 Å². The van der Waals surface area contributed by atoms with Gasteiger partial charge in [0.2, 0.25) is 0 Å². The second-order valence-corrected chi connectivity index (χ2v) is 2.40. The maximum absolute atomic E-state index is 8.54. The minimum atomic E-state index is 0.630. The standard InChI is InChI=1S/C8H12N2/c1-7(2)8(5-9)6-10(3)4/h6H,1H2,2-4H3/b8-6+. The molecule has 0 spiro atoms. The summed E-state index contributed by atoms with van der Waals surface area (Å²) in [5.41, 5.74) is 1.43. The van der Waals surface area contributed by atoms with E-state index in [1.807, 2.05) is 25.9 Å². The lowest BCUT2D eigenvalue weighted by atomic mass is 10.2. The zero-order chi connectivity index (χ0) is 8.15. The van der Waals surface area contributed by atoms with Crippen LogP contribution in [0.3, 0.4) is 0 Å². The fourth-order valence-electron chi connectivity index (χ4n) is 0.493. The summed E-state index contributed by atoms with van der Waals surface area (Å²) in [4.78, 5) is 1.83. The predicted octanol–water partition coefficient (Wildman–Crippen LogP) is 1.53. The fourth-order valence-corrected chi connectivity index (χ4v) is 0.493. The van der Waals surface area contributed by atoms with E-state index in [0.29, 0.717) is 5.57 Å². The van der Waals surface area contributed by atoms with Crippen molar-refractivity contribution in [2.24, 2.45) is 0 Å². The second-order valence-electron chi connectivity index (χ2n) is 2.40. The highest BCUT2D eigenvalue weighted by Gasteiger charge is 1.94. The van der Waals surface area contributed by atoms with Crippen molar-refractivity contribution in [1.29, 1.82) is 5.26 Å². The molecule has 0 radical (unpaired) electrons. The summed E-state index contributed by atoms with van der Waals surface area (Å²) < 4.78 is 0. The van der Waals surface area contributed by atoms with E-state index in [1.54, 1.807) is 6.20 Å². The van der Waals surface area contributed by atoms with Crippen molar-refractivity contribution < 1.29 is 0 Å². The fraction of sp³-hybridized carbons (Fsp3) is 0.375. The first kappa shape index (κ1) is 8.77. The van der Waals surface area contributed by atoms with Gasteiger partial charge in [-0.1, -0.05) is 6.58 Å². The minimum absolute atomic E-state index is 0.630. The highest BCUT2D eigenvalue weighted by molar-refractivity contribution is 5.37. The van der Waals surface area contributed by atoms with Crippen LogP contribution in [0.4, 0.5) is 0 Å². The van der Waals surface area contributed by atoms with Gasteiger partial charge in [0.1, 0.15) is 6.07 Å². The molecule has 0 bridgehead atoms. The van der Waals surface area contributed by atoms with Crippen LogP contribution in [0.1, 0.15) is 6.92 Å². The van der Waals surface area contributed by atoms with E-state index in [9.17, 15) is 0 Å². The van der Waals surface area contributed by atoms with Crippen LogP contribution in [0.5, 0.6) is 0 Å². The maximum atomic E-state index is 8.54. The van der Waals surface area contributed by atoms with Crippen LogP contribution < -0.4 is 0 Å². The Morgan fingerprint density at radius 3 is 2.20 bits per heavy atom. The molecule has 0 amide bonds. The number of allylic oxidation sites excluding steroid dienone is 2. The second kappa shape index (κ2) is 3.73. The molecule has 0 saturated carbocycles. The molecule has 0 unspecified atom stereocenters. The summed E-state index contributed by atoms with van der Waals surface area (Å²) in [7, 11) is 3.75. The van der Waals surface area contributed by atoms with Crippen molar-refractivity contribution in [1.82, 2.24) is 4.90 Å². The molecule has 0 atom stereocenters. The van der Waals surface area contributed by atoms with E-state index in [2.05, 4.69) is 12.6 Å². The van der Waals surface area contributed by atoms with Crippen LogP contribution in [-0.4, -0.2) is 19.0 Å². The lowest BCUT2D eigenvalue weighted by molar-refractivity contribution is 0.561. The molecule has 0 aromatic heterocycles. The average molecular weight is 136 g/mol. The smallest absolute Gasteiger partial charge is 0.101 e. The van der Waals surface area contributed by atoms with Crippen LogP contribution in [0, 0.1) is 11.3 Å². The molecule has 0 aromatic carbocycles. The molecule has 0 aliphatic carbocycles. The van der Waals surface area contributed by atoms with E-state index in [0.717, 1.165) is 5.57 Å². The molecule has 2 heteroatoms. The van der Waals surface area contributed by atoms with E-state index < -0.39 is 0 Å². The molecule has 0 fully saturated rings. The van der Waals surface area contributed by atoms with E-state index in [-0.39, 0.29) is 0 Å². The Bertz CT molecular complexity index is 194. The van der Waals surface area contributed by atoms with Gasteiger partial charge in [0.05, 0.1) is 5.57 Å². The number of nitrogens with zero attached hydrogens (tertiary/aromatic N) is 2. The van der Waals surface area contributed by atoms with Crippen LogP contribution in [-0.2, 0) is 0 Å². The first-order valence-electron chi connectivity index (χ1n) is 3.02. The van der Waals surface area contributed by atoms with Gasteiger partial charge in [-0.05, 0) is 12.5 Å². The van der Waals surface area contributed by atoms with Crippen molar-refractivity contribution in [3.05, 3.63) is 23.9 Å². The third kappa shape index (κ3) is 2.93. The van der Waals surface area contributed by atoms with Crippen molar-refractivity contribution in [2.75, 3.05) is 14.1 Å². The average Bonchev–Trinajstić information content (AvgIpc) is 1.81. The molecule has 54 valence electrons. The monoisotopic (exact) mass is 136 g/mol. The van der Waals surface area contributed by atoms with Gasteiger partial charge in [0.15, 0.2) is 0 Å². The summed E-state index contributed by atoms with van der Waals surface area (Å²) >= 11 is 0. The van der Waals surface area contributed by atoms with Crippen LogP contribution in [0.25, 0.3) is 0 Å². The zero-order valence-corrected chi connectivity index (χ0v) is 6.68. The number of rotatable bonds is 2. The zero-order valence-electron chi connectivity index (χ0n) is 6.68. The quantitative estimate of drug-likeness (QED) is 0.425. The molecule has 0 heterocycles. The SMILES string of the molecule is C=C(C)/C(C#N)=C/N(C)C. The Morgan fingerprint density at radius 2 is 2.10 bits per heavy atom. The molecule has 0 aliphatic rings. The summed E-state index contributed by atoms with van der Waals surface area (Å²) in [5, 5.41) is 8.54. The first-order valence-corrected chi connectivity index (χ1v) is 3.02. The lowest BCUT2D eigenvalue weighted by Crippen LogP contribution is -2.02. The predicted molar refractivity (Wildman–Crippen MR) is 42.2 cm³/mol. The molecule has 0 saturated heterocycles. The summed E-state index contributed by atoms with van der Waals surface area (Å²) in [6, 6.07) is 2.05. The highest BCUT2D eigenvalue weighted by Crippen LogP contribution is 2.04. The summed E-state index contributed by atoms with van der Waals surface area (Å²) in [6.45, 7) is 5.48. The number of hydrogen-bond acceptors (Lipinski definition) is 2. The van der Waals surface area contributed by atoms with Crippen molar-refractivity contribution >= 4 is 0 Å². The van der Waals surface area contributed by atoms with Gasteiger partial charge in [0, 0.05) is 20.3 Å². The van der Waals surface area contributed by atoms with E-state index in [4.69, 9.17) is 5.26 Å². The Balaban J connectivity index is 4.39. The summed E-state index contributed by atoms with van der Waals surface area (Å²) in [6.07, 6.45) is 1.75. The van der Waals surface area contributed by atoms with E-state index in [1.165, 1.54) is 0 Å². The largest absolute Gasteiger partial charge is 0.382 e. The van der Waals surface area contributed by atoms with Gasteiger partial charge in [-0.25, -0.2) is 0 Å². The maximum Gasteiger partial charge on any atom is 0.101 e. The lowest BCUT2D eigenvalue weighted by Gasteiger charge is -2.05. The van der Waals surface area contributed by atoms with Gasteiger partial charge < -0.3 is 4.90 Å². The Hall–Kier alpha value is -1.23. The topological polar surface area (TPSA) is 27.0 Å². The molecule has 0 rings (SSSR count). The molecule has 0 aromatic rings. The van der Waals surface area contributed by atoms with Gasteiger partial charge in [-0.3, -0.25) is 0 Å². The summed E-state index contributed by atoms with van der Waals surface area (Å²) in [5.74, 6) is 0. The van der Waals surface area contributed by atoms with Gasteiger partial charge in [-0.15, -0.1) is 0 Å². The molecule has 0 N–H and O–H groups in total. The van der Waals surface area contributed by atoms with Gasteiger partial charge >= 0.3 is 0 Å². The molecule has 0 aliphatic heterocycles. The number of nitriles is 1. The Kier molecular flexibility index (Phi) is 3.27. The molecular formula is C8H12N2. The third-order valence-corrected chi connectivity index (χ3v) is 0.968. The Labute approximate surface area is 62.1 Å². The van der Waals surface area contributed by atoms with Crippen LogP contribution >= 0.6 is 0 Å². The molecule has 2 nitrogen and oxygen atoms in total. The van der Waals surface area contributed by atoms with E-state index >= 15 is 0 Å². The third-order valence-electron chi connectivity index (χ3n) is 0.968. The normalized spacial score (nSPS) is 10.4. The minimum Gasteiger partial charge on any atom is -0.382 e. The van der Waals surface area contributed by atoms with Crippen LogP contribution in [0.2, 0.25) is 0 Å². The number of hydrogen-bond donors (Lipinski definition) is 0. The molecular weight excluding hydrogens is 124 g/mol. The van der Waals surface area contributed by atoms with Gasteiger partial charge in [-0.2, -0.15) is 5.26 Å². The van der Waals surface area contributed by atoms with Gasteiger partial charge in [0.25, 0.3) is 0 Å². The van der Waals surface area contributed by atoms with Crippen molar-refractivity contribution in [3.8, 4) is 6.07 Å². The highest BCUT2D eigenvalue weighted by atomic mass is 15.0. The first-order chi connectivity index (χ1) is 4.57. The van der Waals surface area contributed by atoms with Crippen molar-refractivity contribution in [3.63, 3.8) is 0 Å². The molecule has 10 heavy (non-hydrogen) atoms. The Morgan fingerprint density at radius 1 is 1.60 bits per heavy atom. The van der Waals surface area contributed by atoms with Crippen LogP contribution in [0.15, 0.2) is 23.9 Å².